The van der Waals surface area contributed by atoms with Crippen LogP contribution in [0.15, 0.2) is 60.7 Å². The molecule has 7 heteroatoms. The van der Waals surface area contributed by atoms with Gasteiger partial charge in [-0.05, 0) is 19.4 Å². The number of amides is 2. The van der Waals surface area contributed by atoms with E-state index >= 15 is 0 Å². The molecule has 144 valence electrons. The van der Waals surface area contributed by atoms with Gasteiger partial charge in [0.1, 0.15) is 12.6 Å². The zero-order valence-electron chi connectivity index (χ0n) is 15.6. The van der Waals surface area contributed by atoms with E-state index in [0.717, 1.165) is 21.7 Å². The molecule has 2 aromatic carbocycles. The molecular weight excluding hydrogens is 374 g/mol. The second-order valence-corrected chi connectivity index (χ2v) is 7.41. The number of hydrogen-bond acceptors (Lipinski definition) is 5. The number of ether oxygens (including phenoxy) is 1. The number of rotatable bonds is 6. The van der Waals surface area contributed by atoms with Crippen LogP contribution in [-0.2, 0) is 16.1 Å². The Morgan fingerprint density at radius 1 is 1.07 bits per heavy atom. The summed E-state index contributed by atoms with van der Waals surface area (Å²) in [5.74, 6) is -0.356. The molecule has 0 saturated carbocycles. The average molecular weight is 395 g/mol. The number of aromatic nitrogens is 1. The van der Waals surface area contributed by atoms with Gasteiger partial charge in [0.2, 0.25) is 5.91 Å². The first-order chi connectivity index (χ1) is 13.5. The van der Waals surface area contributed by atoms with Crippen molar-refractivity contribution in [2.24, 2.45) is 0 Å². The highest BCUT2D eigenvalue weighted by Gasteiger charge is 2.19. The Labute approximate surface area is 167 Å². The fourth-order valence-electron chi connectivity index (χ4n) is 2.53. The third kappa shape index (κ3) is 5.17. The van der Waals surface area contributed by atoms with Crippen LogP contribution in [0.25, 0.3) is 11.3 Å². The highest BCUT2D eigenvalue weighted by atomic mass is 32.1. The van der Waals surface area contributed by atoms with Gasteiger partial charge in [0.05, 0.1) is 5.69 Å². The van der Waals surface area contributed by atoms with Gasteiger partial charge in [0.15, 0.2) is 5.13 Å². The highest BCUT2D eigenvalue weighted by Crippen LogP contribution is 2.30. The lowest BCUT2D eigenvalue weighted by Gasteiger charge is -2.13. The summed E-state index contributed by atoms with van der Waals surface area (Å²) in [5, 5.41) is 5.77. The topological polar surface area (TPSA) is 80.3 Å². The number of carbonyl (C=O) groups is 2. The van der Waals surface area contributed by atoms with Crippen LogP contribution in [0.2, 0.25) is 0 Å². The van der Waals surface area contributed by atoms with E-state index in [2.05, 4.69) is 15.6 Å². The van der Waals surface area contributed by atoms with Crippen molar-refractivity contribution in [1.82, 2.24) is 10.3 Å². The molecule has 3 aromatic rings. The minimum Gasteiger partial charge on any atom is -0.445 e. The maximum absolute atomic E-state index is 12.4. The third-order valence-corrected chi connectivity index (χ3v) is 4.90. The van der Waals surface area contributed by atoms with Crippen molar-refractivity contribution in [3.63, 3.8) is 0 Å². The number of carbonyl (C=O) groups excluding carboxylic acids is 2. The van der Waals surface area contributed by atoms with E-state index in [1.54, 1.807) is 6.92 Å². The van der Waals surface area contributed by atoms with Crippen LogP contribution in [0.5, 0.6) is 0 Å². The molecule has 0 unspecified atom stereocenters. The Balaban J connectivity index is 1.53. The van der Waals surface area contributed by atoms with Gasteiger partial charge in [-0.3, -0.25) is 4.79 Å². The van der Waals surface area contributed by atoms with Crippen LogP contribution in [0, 0.1) is 6.92 Å². The van der Waals surface area contributed by atoms with Crippen molar-refractivity contribution in [3.8, 4) is 11.3 Å². The number of aryl methyl sites for hydroxylation is 1. The Morgan fingerprint density at radius 3 is 2.39 bits per heavy atom. The average Bonchev–Trinajstić information content (AvgIpc) is 3.07. The fourth-order valence-corrected chi connectivity index (χ4v) is 3.37. The summed E-state index contributed by atoms with van der Waals surface area (Å²) >= 11 is 1.39. The minimum absolute atomic E-state index is 0.146. The zero-order valence-corrected chi connectivity index (χ0v) is 16.5. The predicted molar refractivity (Wildman–Crippen MR) is 110 cm³/mol. The van der Waals surface area contributed by atoms with E-state index in [1.807, 2.05) is 67.6 Å². The fraction of sp³-hybridized carbons (Fsp3) is 0.190. The number of alkyl carbamates (subject to hydrolysis) is 1. The van der Waals surface area contributed by atoms with Crippen molar-refractivity contribution in [1.29, 1.82) is 0 Å². The van der Waals surface area contributed by atoms with Crippen molar-refractivity contribution >= 4 is 28.5 Å². The van der Waals surface area contributed by atoms with Crippen molar-refractivity contribution in [2.45, 2.75) is 26.5 Å². The molecule has 0 aliphatic rings. The van der Waals surface area contributed by atoms with Gasteiger partial charge < -0.3 is 15.4 Å². The summed E-state index contributed by atoms with van der Waals surface area (Å²) in [7, 11) is 0. The van der Waals surface area contributed by atoms with Crippen LogP contribution in [0.3, 0.4) is 0 Å². The maximum Gasteiger partial charge on any atom is 0.408 e. The highest BCUT2D eigenvalue weighted by molar-refractivity contribution is 7.16. The third-order valence-electron chi connectivity index (χ3n) is 4.01. The quantitative estimate of drug-likeness (QED) is 0.649. The first-order valence-electron chi connectivity index (χ1n) is 8.84. The normalized spacial score (nSPS) is 11.5. The van der Waals surface area contributed by atoms with E-state index in [0.29, 0.717) is 5.13 Å². The van der Waals surface area contributed by atoms with Crippen LogP contribution >= 0.6 is 11.3 Å². The number of hydrogen-bond donors (Lipinski definition) is 2. The molecule has 3 rings (SSSR count). The van der Waals surface area contributed by atoms with Crippen molar-refractivity contribution < 1.29 is 14.3 Å². The molecule has 1 aromatic heterocycles. The SMILES string of the molecule is Cc1sc(NC(=O)[C@@H](C)NC(=O)OCc2ccccc2)nc1-c1ccccc1. The van der Waals surface area contributed by atoms with Crippen LogP contribution in [0.4, 0.5) is 9.93 Å². The monoisotopic (exact) mass is 395 g/mol. The Kier molecular flexibility index (Phi) is 6.39. The summed E-state index contributed by atoms with van der Waals surface area (Å²) in [5.41, 5.74) is 2.71. The molecule has 2 amide bonds. The Morgan fingerprint density at radius 2 is 1.71 bits per heavy atom. The molecule has 0 saturated heterocycles. The summed E-state index contributed by atoms with van der Waals surface area (Å²) in [6.45, 7) is 3.70. The lowest BCUT2D eigenvalue weighted by molar-refractivity contribution is -0.117. The van der Waals surface area contributed by atoms with Crippen LogP contribution < -0.4 is 10.6 Å². The van der Waals surface area contributed by atoms with E-state index in [4.69, 9.17) is 4.74 Å². The molecule has 2 N–H and O–H groups in total. The number of nitrogens with one attached hydrogen (secondary N) is 2. The zero-order chi connectivity index (χ0) is 19.9. The van der Waals surface area contributed by atoms with Gasteiger partial charge in [0.25, 0.3) is 0 Å². The molecule has 28 heavy (non-hydrogen) atoms. The van der Waals surface area contributed by atoms with Gasteiger partial charge in [-0.2, -0.15) is 0 Å². The molecule has 0 aliphatic carbocycles. The first-order valence-corrected chi connectivity index (χ1v) is 9.65. The molecule has 0 bridgehead atoms. The number of anilines is 1. The summed E-state index contributed by atoms with van der Waals surface area (Å²) < 4.78 is 5.14. The van der Waals surface area contributed by atoms with E-state index in [1.165, 1.54) is 11.3 Å². The Hall–Kier alpha value is -3.19. The van der Waals surface area contributed by atoms with E-state index in [-0.39, 0.29) is 12.5 Å². The van der Waals surface area contributed by atoms with E-state index in [9.17, 15) is 9.59 Å². The molecular formula is C21H21N3O3S. The molecule has 0 spiro atoms. The van der Waals surface area contributed by atoms with Gasteiger partial charge in [-0.25, -0.2) is 9.78 Å². The summed E-state index contributed by atoms with van der Waals surface area (Å²) in [6, 6.07) is 18.4. The van der Waals surface area contributed by atoms with E-state index < -0.39 is 12.1 Å². The second-order valence-electron chi connectivity index (χ2n) is 6.21. The van der Waals surface area contributed by atoms with Crippen LogP contribution in [0.1, 0.15) is 17.4 Å². The Bertz CT molecular complexity index is 942. The predicted octanol–water partition coefficient (Wildman–Crippen LogP) is 4.37. The molecule has 1 atom stereocenters. The summed E-state index contributed by atoms with van der Waals surface area (Å²) in [6.07, 6.45) is -0.646. The smallest absolute Gasteiger partial charge is 0.408 e. The lowest BCUT2D eigenvalue weighted by atomic mass is 10.1. The molecule has 0 radical (unpaired) electrons. The minimum atomic E-state index is -0.757. The maximum atomic E-state index is 12.4. The van der Waals surface area contributed by atoms with Crippen molar-refractivity contribution in [3.05, 3.63) is 71.1 Å². The van der Waals surface area contributed by atoms with Gasteiger partial charge in [0, 0.05) is 10.4 Å². The molecule has 1 heterocycles. The largest absolute Gasteiger partial charge is 0.445 e. The number of thiazole rings is 1. The molecule has 6 nitrogen and oxygen atoms in total. The lowest BCUT2D eigenvalue weighted by Crippen LogP contribution is -2.41. The van der Waals surface area contributed by atoms with Crippen LogP contribution in [-0.4, -0.2) is 23.0 Å². The van der Waals surface area contributed by atoms with Gasteiger partial charge in [-0.1, -0.05) is 60.7 Å². The molecule has 0 aliphatic heterocycles. The van der Waals surface area contributed by atoms with Crippen molar-refractivity contribution in [2.75, 3.05) is 5.32 Å². The summed E-state index contributed by atoms with van der Waals surface area (Å²) in [4.78, 5) is 29.8. The number of benzene rings is 2. The van der Waals surface area contributed by atoms with Gasteiger partial charge in [-0.15, -0.1) is 11.3 Å². The standard InChI is InChI=1S/C21H21N3O3S/c1-14(22-21(26)27-13-16-9-5-3-6-10-16)19(25)24-20-23-18(15(2)28-20)17-11-7-4-8-12-17/h3-12,14H,13H2,1-2H3,(H,22,26)(H,23,24,25)/t14-/m1/s1. The second kappa shape index (κ2) is 9.14. The van der Waals surface area contributed by atoms with Gasteiger partial charge >= 0.3 is 6.09 Å². The molecule has 0 fully saturated rings. The first kappa shape index (κ1) is 19.6. The number of nitrogens with zero attached hydrogens (tertiary/aromatic N) is 1.